The molecule has 2 aromatic rings. The molecule has 0 spiro atoms. The van der Waals surface area contributed by atoms with Crippen molar-refractivity contribution in [2.24, 2.45) is 0 Å². The van der Waals surface area contributed by atoms with E-state index in [0.717, 1.165) is 22.5 Å². The van der Waals surface area contributed by atoms with Gasteiger partial charge in [0.25, 0.3) is 0 Å². The number of nitrogens with zero attached hydrogens (tertiary/aromatic N) is 2. The Morgan fingerprint density at radius 2 is 1.97 bits per heavy atom. The fourth-order valence-electron chi connectivity index (χ4n) is 3.42. The maximum absolute atomic E-state index is 12.9. The first-order valence-electron chi connectivity index (χ1n) is 9.61. The standard InChI is InChI=1S/C23H23N3O3S/c1-4-28-22(27)20-16(3)26(18-7-5-6-15(2)14-18)23(30)25-21(20)17-8-10-19(11-9-17)29-13-12-24/h5-11,14,21H,4,13H2,1-3H3,(H,25,30)/t21-/m1/s1. The van der Waals surface area contributed by atoms with Gasteiger partial charge in [-0.25, -0.2) is 4.79 Å². The number of thiocarbonyl (C=S) groups is 1. The van der Waals surface area contributed by atoms with Gasteiger partial charge in [0.2, 0.25) is 0 Å². The molecule has 1 heterocycles. The first kappa shape index (κ1) is 21.3. The van der Waals surface area contributed by atoms with Crippen molar-refractivity contribution in [2.45, 2.75) is 26.8 Å². The molecule has 1 N–H and O–H groups in total. The molecule has 0 aliphatic carbocycles. The van der Waals surface area contributed by atoms with Crippen molar-refractivity contribution in [2.75, 3.05) is 18.1 Å². The first-order valence-corrected chi connectivity index (χ1v) is 10.0. The summed E-state index contributed by atoms with van der Waals surface area (Å²) in [5.74, 6) is 0.191. The number of benzene rings is 2. The number of carbonyl (C=O) groups excluding carboxylic acids is 1. The second kappa shape index (κ2) is 9.42. The lowest BCUT2D eigenvalue weighted by molar-refractivity contribution is -0.139. The summed E-state index contributed by atoms with van der Waals surface area (Å²) in [6.45, 7) is 5.91. The summed E-state index contributed by atoms with van der Waals surface area (Å²) in [7, 11) is 0. The lowest BCUT2D eigenvalue weighted by Gasteiger charge is -2.37. The largest absolute Gasteiger partial charge is 0.479 e. The van der Waals surface area contributed by atoms with Crippen molar-refractivity contribution >= 4 is 29.0 Å². The first-order chi connectivity index (χ1) is 14.5. The molecule has 1 aliphatic rings. The number of allylic oxidation sites excluding steroid dienone is 1. The van der Waals surface area contributed by atoms with Crippen molar-refractivity contribution in [3.8, 4) is 11.8 Å². The summed E-state index contributed by atoms with van der Waals surface area (Å²) >= 11 is 5.66. The molecule has 0 bridgehead atoms. The zero-order chi connectivity index (χ0) is 21.7. The van der Waals surface area contributed by atoms with Gasteiger partial charge < -0.3 is 14.8 Å². The Kier molecular flexibility index (Phi) is 6.70. The van der Waals surface area contributed by atoms with Gasteiger partial charge >= 0.3 is 5.97 Å². The molecule has 0 unspecified atom stereocenters. The van der Waals surface area contributed by atoms with Crippen LogP contribution in [-0.4, -0.2) is 24.3 Å². The summed E-state index contributed by atoms with van der Waals surface area (Å²) in [6.07, 6.45) is 0. The Morgan fingerprint density at radius 3 is 2.60 bits per heavy atom. The highest BCUT2D eigenvalue weighted by Crippen LogP contribution is 2.35. The van der Waals surface area contributed by atoms with Crippen LogP contribution in [0.15, 0.2) is 59.8 Å². The van der Waals surface area contributed by atoms with Crippen molar-refractivity contribution in [1.29, 1.82) is 5.26 Å². The summed E-state index contributed by atoms with van der Waals surface area (Å²) < 4.78 is 10.7. The molecule has 1 atom stereocenters. The van der Waals surface area contributed by atoms with Crippen molar-refractivity contribution in [1.82, 2.24) is 5.32 Å². The minimum absolute atomic E-state index is 0.0242. The van der Waals surface area contributed by atoms with Gasteiger partial charge in [-0.05, 0) is 68.4 Å². The second-order valence-electron chi connectivity index (χ2n) is 6.79. The number of esters is 1. The lowest BCUT2D eigenvalue weighted by atomic mass is 9.94. The highest BCUT2D eigenvalue weighted by molar-refractivity contribution is 7.80. The van der Waals surface area contributed by atoms with Crippen LogP contribution in [0.1, 0.15) is 31.0 Å². The monoisotopic (exact) mass is 421 g/mol. The maximum atomic E-state index is 12.9. The van der Waals surface area contributed by atoms with Crippen molar-refractivity contribution in [3.05, 3.63) is 70.9 Å². The third-order valence-electron chi connectivity index (χ3n) is 4.76. The number of anilines is 1. The summed E-state index contributed by atoms with van der Waals surface area (Å²) in [5, 5.41) is 12.5. The number of nitrogens with one attached hydrogen (secondary N) is 1. The van der Waals surface area contributed by atoms with E-state index in [-0.39, 0.29) is 13.2 Å². The molecule has 7 heteroatoms. The SMILES string of the molecule is CCOC(=O)C1=C(C)N(c2cccc(C)c2)C(=S)N[C@@H]1c1ccc(OCC#N)cc1. The van der Waals surface area contributed by atoms with Gasteiger partial charge in [0.1, 0.15) is 11.8 Å². The number of carbonyl (C=O) groups is 1. The van der Waals surface area contributed by atoms with Crippen LogP contribution >= 0.6 is 12.2 Å². The van der Waals surface area contributed by atoms with Crippen molar-refractivity contribution < 1.29 is 14.3 Å². The Hall–Kier alpha value is -3.37. The highest BCUT2D eigenvalue weighted by atomic mass is 32.1. The Balaban J connectivity index is 2.04. The molecule has 3 rings (SSSR count). The van der Waals surface area contributed by atoms with Crippen LogP contribution in [-0.2, 0) is 9.53 Å². The van der Waals surface area contributed by atoms with Gasteiger partial charge in [-0.1, -0.05) is 24.3 Å². The van der Waals surface area contributed by atoms with Crippen LogP contribution < -0.4 is 15.0 Å². The number of hydrogen-bond acceptors (Lipinski definition) is 5. The maximum Gasteiger partial charge on any atom is 0.338 e. The van der Waals surface area contributed by atoms with Gasteiger partial charge in [-0.2, -0.15) is 5.26 Å². The average Bonchev–Trinajstić information content (AvgIpc) is 2.72. The smallest absolute Gasteiger partial charge is 0.338 e. The summed E-state index contributed by atoms with van der Waals surface area (Å²) in [4.78, 5) is 14.8. The van der Waals surface area contributed by atoms with Crippen LogP contribution in [0.3, 0.4) is 0 Å². The molecular weight excluding hydrogens is 398 g/mol. The van der Waals surface area contributed by atoms with E-state index in [1.54, 1.807) is 19.1 Å². The molecule has 0 saturated carbocycles. The molecule has 0 amide bonds. The van der Waals surface area contributed by atoms with Crippen LogP contribution in [0, 0.1) is 18.3 Å². The summed E-state index contributed by atoms with van der Waals surface area (Å²) in [6, 6.07) is 16.6. The third-order valence-corrected chi connectivity index (χ3v) is 5.06. The van der Waals surface area contributed by atoms with Crippen LogP contribution in [0.4, 0.5) is 5.69 Å². The normalized spacial score (nSPS) is 16.0. The number of rotatable bonds is 6. The zero-order valence-corrected chi connectivity index (χ0v) is 18.0. The van der Waals surface area contributed by atoms with E-state index in [1.807, 2.05) is 61.2 Å². The Bertz CT molecular complexity index is 1020. The molecule has 0 aromatic heterocycles. The third kappa shape index (κ3) is 4.44. The van der Waals surface area contributed by atoms with E-state index in [0.29, 0.717) is 16.4 Å². The molecule has 0 saturated heterocycles. The molecule has 2 aromatic carbocycles. The van der Waals surface area contributed by atoms with Crippen LogP contribution in [0.5, 0.6) is 5.75 Å². The second-order valence-corrected chi connectivity index (χ2v) is 7.18. The van der Waals surface area contributed by atoms with Crippen molar-refractivity contribution in [3.63, 3.8) is 0 Å². The highest BCUT2D eigenvalue weighted by Gasteiger charge is 2.35. The van der Waals surface area contributed by atoms with Crippen LogP contribution in [0.2, 0.25) is 0 Å². The zero-order valence-electron chi connectivity index (χ0n) is 17.1. The van der Waals surface area contributed by atoms with Crippen LogP contribution in [0.25, 0.3) is 0 Å². The minimum Gasteiger partial charge on any atom is -0.479 e. The average molecular weight is 422 g/mol. The topological polar surface area (TPSA) is 74.6 Å². The molecule has 154 valence electrons. The predicted octanol–water partition coefficient (Wildman–Crippen LogP) is 4.17. The molecular formula is C23H23N3O3S. The fraction of sp³-hybridized carbons (Fsp3) is 0.261. The van der Waals surface area contributed by atoms with Gasteiger partial charge in [0.15, 0.2) is 11.7 Å². The number of ether oxygens (including phenoxy) is 2. The van der Waals surface area contributed by atoms with Gasteiger partial charge in [-0.3, -0.25) is 4.90 Å². The van der Waals surface area contributed by atoms with E-state index < -0.39 is 12.0 Å². The molecule has 6 nitrogen and oxygen atoms in total. The lowest BCUT2D eigenvalue weighted by Crippen LogP contribution is -2.48. The van der Waals surface area contributed by atoms with Gasteiger partial charge in [0.05, 0.1) is 18.2 Å². The van der Waals surface area contributed by atoms with Gasteiger partial charge in [-0.15, -0.1) is 0 Å². The molecule has 1 aliphatic heterocycles. The van der Waals surface area contributed by atoms with E-state index in [9.17, 15) is 4.79 Å². The van der Waals surface area contributed by atoms with E-state index in [2.05, 4.69) is 5.32 Å². The number of hydrogen-bond donors (Lipinski definition) is 1. The Morgan fingerprint density at radius 1 is 1.23 bits per heavy atom. The predicted molar refractivity (Wildman–Crippen MR) is 119 cm³/mol. The summed E-state index contributed by atoms with van der Waals surface area (Å²) in [5.41, 5.74) is 4.03. The Labute approximate surface area is 181 Å². The minimum atomic E-state index is -0.456. The van der Waals surface area contributed by atoms with E-state index in [4.69, 9.17) is 27.0 Å². The van der Waals surface area contributed by atoms with Gasteiger partial charge in [0, 0.05) is 11.4 Å². The quantitative estimate of drug-likeness (QED) is 0.554. The molecule has 0 fully saturated rings. The molecule has 0 radical (unpaired) electrons. The molecule has 30 heavy (non-hydrogen) atoms. The fourth-order valence-corrected chi connectivity index (χ4v) is 3.78. The van der Waals surface area contributed by atoms with E-state index >= 15 is 0 Å². The number of aryl methyl sites for hydroxylation is 1. The number of nitriles is 1. The van der Waals surface area contributed by atoms with E-state index in [1.165, 1.54) is 0 Å².